The Morgan fingerprint density at radius 1 is 1.38 bits per heavy atom. The molecule has 0 aromatic heterocycles. The second kappa shape index (κ2) is 7.75. The number of nitrogens with zero attached hydrogens (tertiary/aromatic N) is 1. The van der Waals surface area contributed by atoms with Crippen LogP contribution in [0.2, 0.25) is 0 Å². The molecule has 1 atom stereocenters. The van der Waals surface area contributed by atoms with Gasteiger partial charge in [0.25, 0.3) is 0 Å². The first-order valence-corrected chi connectivity index (χ1v) is 8.33. The molecule has 1 N–H and O–H groups in total. The molecule has 24 heavy (non-hydrogen) atoms. The van der Waals surface area contributed by atoms with Crippen LogP contribution in [0.4, 0.5) is 10.1 Å². The highest BCUT2D eigenvalue weighted by molar-refractivity contribution is 6.06. The van der Waals surface area contributed by atoms with Gasteiger partial charge in [0, 0.05) is 25.3 Å². The van der Waals surface area contributed by atoms with Crippen LogP contribution in [0.5, 0.6) is 0 Å². The molecule has 2 amide bonds. The van der Waals surface area contributed by atoms with Crippen molar-refractivity contribution in [3.8, 4) is 0 Å². The fourth-order valence-corrected chi connectivity index (χ4v) is 2.87. The van der Waals surface area contributed by atoms with Gasteiger partial charge in [0.2, 0.25) is 11.8 Å². The number of rotatable bonds is 7. The zero-order valence-corrected chi connectivity index (χ0v) is 14.5. The minimum absolute atomic E-state index is 0.123. The number of amides is 2. The molecule has 1 aliphatic rings. The zero-order valence-electron chi connectivity index (χ0n) is 14.5. The van der Waals surface area contributed by atoms with E-state index in [1.807, 2.05) is 13.8 Å². The standard InChI is InChI=1S/C18H25FN2O3/c1-13(2)24-12-4-11-20-17(23)18(3)10-9-16(22)21(18)15-7-5-14(19)6-8-15/h5-8,13H,4,9-12H2,1-3H3,(H,20,23). The smallest absolute Gasteiger partial charge is 0.246 e. The molecule has 0 radical (unpaired) electrons. The van der Waals surface area contributed by atoms with Crippen molar-refractivity contribution in [2.75, 3.05) is 18.1 Å². The second-order valence-electron chi connectivity index (χ2n) is 6.51. The Morgan fingerprint density at radius 3 is 2.67 bits per heavy atom. The molecule has 1 heterocycles. The minimum Gasteiger partial charge on any atom is -0.379 e. The van der Waals surface area contributed by atoms with Crippen LogP contribution in [-0.4, -0.2) is 36.6 Å². The van der Waals surface area contributed by atoms with E-state index in [4.69, 9.17) is 4.74 Å². The van der Waals surface area contributed by atoms with E-state index in [1.54, 1.807) is 6.92 Å². The SMILES string of the molecule is CC(C)OCCCNC(=O)C1(C)CCC(=O)N1c1ccc(F)cc1. The van der Waals surface area contributed by atoms with Gasteiger partial charge in [-0.2, -0.15) is 0 Å². The van der Waals surface area contributed by atoms with Gasteiger partial charge in [0.15, 0.2) is 0 Å². The molecule has 5 nitrogen and oxygen atoms in total. The van der Waals surface area contributed by atoms with Crippen LogP contribution in [0.25, 0.3) is 0 Å². The highest BCUT2D eigenvalue weighted by Crippen LogP contribution is 2.35. The lowest BCUT2D eigenvalue weighted by molar-refractivity contribution is -0.127. The third kappa shape index (κ3) is 4.12. The second-order valence-corrected chi connectivity index (χ2v) is 6.51. The number of hydrogen-bond acceptors (Lipinski definition) is 3. The lowest BCUT2D eigenvalue weighted by atomic mass is 9.97. The van der Waals surface area contributed by atoms with Crippen LogP contribution in [0.15, 0.2) is 24.3 Å². The number of anilines is 1. The highest BCUT2D eigenvalue weighted by atomic mass is 19.1. The average molecular weight is 336 g/mol. The quantitative estimate of drug-likeness (QED) is 0.779. The molecule has 0 spiro atoms. The van der Waals surface area contributed by atoms with E-state index in [9.17, 15) is 14.0 Å². The summed E-state index contributed by atoms with van der Waals surface area (Å²) in [5.41, 5.74) is -0.409. The molecule has 1 aromatic rings. The molecule has 0 saturated carbocycles. The zero-order chi connectivity index (χ0) is 17.7. The third-order valence-corrected chi connectivity index (χ3v) is 4.20. The Kier molecular flexibility index (Phi) is 5.94. The Bertz CT molecular complexity index is 588. The summed E-state index contributed by atoms with van der Waals surface area (Å²) in [6, 6.07) is 5.64. The molecule has 132 valence electrons. The Balaban J connectivity index is 2.01. The summed E-state index contributed by atoms with van der Waals surface area (Å²) in [6.07, 6.45) is 1.62. The van der Waals surface area contributed by atoms with Gasteiger partial charge in [0.1, 0.15) is 11.4 Å². The van der Waals surface area contributed by atoms with Gasteiger partial charge in [-0.15, -0.1) is 0 Å². The van der Waals surface area contributed by atoms with Crippen molar-refractivity contribution in [2.24, 2.45) is 0 Å². The fourth-order valence-electron chi connectivity index (χ4n) is 2.87. The molecule has 1 unspecified atom stereocenters. The topological polar surface area (TPSA) is 58.6 Å². The van der Waals surface area contributed by atoms with Gasteiger partial charge < -0.3 is 10.1 Å². The minimum atomic E-state index is -0.951. The third-order valence-electron chi connectivity index (χ3n) is 4.20. The maximum absolute atomic E-state index is 13.1. The van der Waals surface area contributed by atoms with E-state index >= 15 is 0 Å². The van der Waals surface area contributed by atoms with Crippen molar-refractivity contribution in [1.29, 1.82) is 0 Å². The van der Waals surface area contributed by atoms with Crippen molar-refractivity contribution in [3.05, 3.63) is 30.1 Å². The van der Waals surface area contributed by atoms with E-state index in [0.717, 1.165) is 0 Å². The van der Waals surface area contributed by atoms with Crippen LogP contribution in [0.1, 0.15) is 40.0 Å². The fraction of sp³-hybridized carbons (Fsp3) is 0.556. The molecule has 1 fully saturated rings. The normalized spacial score (nSPS) is 20.7. The summed E-state index contributed by atoms with van der Waals surface area (Å²) in [6.45, 7) is 6.75. The number of carbonyl (C=O) groups is 2. The number of ether oxygens (including phenoxy) is 1. The molecular formula is C18H25FN2O3. The summed E-state index contributed by atoms with van der Waals surface area (Å²) in [5.74, 6) is -0.689. The number of benzene rings is 1. The molecule has 1 saturated heterocycles. The van der Waals surface area contributed by atoms with E-state index in [0.29, 0.717) is 38.1 Å². The van der Waals surface area contributed by atoms with Crippen LogP contribution >= 0.6 is 0 Å². The lowest BCUT2D eigenvalue weighted by Crippen LogP contribution is -2.55. The molecule has 0 aliphatic carbocycles. The van der Waals surface area contributed by atoms with Gasteiger partial charge in [-0.1, -0.05) is 0 Å². The summed E-state index contributed by atoms with van der Waals surface area (Å²) in [7, 11) is 0. The maximum atomic E-state index is 13.1. The van der Waals surface area contributed by atoms with Crippen LogP contribution in [0, 0.1) is 5.82 Å². The van der Waals surface area contributed by atoms with Crippen molar-refractivity contribution < 1.29 is 18.7 Å². The first kappa shape index (κ1) is 18.4. The van der Waals surface area contributed by atoms with E-state index in [2.05, 4.69) is 5.32 Å². The number of halogens is 1. The van der Waals surface area contributed by atoms with E-state index < -0.39 is 5.54 Å². The molecule has 6 heteroatoms. The van der Waals surface area contributed by atoms with Crippen molar-refractivity contribution in [1.82, 2.24) is 5.32 Å². The molecular weight excluding hydrogens is 311 g/mol. The summed E-state index contributed by atoms with van der Waals surface area (Å²) >= 11 is 0. The lowest BCUT2D eigenvalue weighted by Gasteiger charge is -2.34. The van der Waals surface area contributed by atoms with Crippen LogP contribution in [-0.2, 0) is 14.3 Å². The van der Waals surface area contributed by atoms with Gasteiger partial charge in [-0.05, 0) is 57.9 Å². The number of carbonyl (C=O) groups excluding carboxylic acids is 2. The maximum Gasteiger partial charge on any atom is 0.246 e. The van der Waals surface area contributed by atoms with Crippen molar-refractivity contribution in [3.63, 3.8) is 0 Å². The monoisotopic (exact) mass is 336 g/mol. The van der Waals surface area contributed by atoms with E-state index in [-0.39, 0.29) is 23.7 Å². The largest absolute Gasteiger partial charge is 0.379 e. The highest BCUT2D eigenvalue weighted by Gasteiger charge is 2.47. The van der Waals surface area contributed by atoms with Crippen molar-refractivity contribution >= 4 is 17.5 Å². The van der Waals surface area contributed by atoms with E-state index in [1.165, 1.54) is 29.2 Å². The van der Waals surface area contributed by atoms with Gasteiger partial charge >= 0.3 is 0 Å². The van der Waals surface area contributed by atoms with Gasteiger partial charge in [-0.3, -0.25) is 14.5 Å². The molecule has 1 aromatic carbocycles. The first-order valence-electron chi connectivity index (χ1n) is 8.33. The summed E-state index contributed by atoms with van der Waals surface area (Å²) < 4.78 is 18.6. The first-order chi connectivity index (χ1) is 11.3. The molecule has 0 bridgehead atoms. The van der Waals surface area contributed by atoms with Crippen LogP contribution in [0.3, 0.4) is 0 Å². The van der Waals surface area contributed by atoms with Crippen molar-refractivity contribution in [2.45, 2.75) is 51.7 Å². The Hall–Kier alpha value is -1.95. The van der Waals surface area contributed by atoms with Crippen LogP contribution < -0.4 is 10.2 Å². The van der Waals surface area contributed by atoms with Gasteiger partial charge in [-0.25, -0.2) is 4.39 Å². The number of hydrogen-bond donors (Lipinski definition) is 1. The Morgan fingerprint density at radius 2 is 2.04 bits per heavy atom. The number of nitrogens with one attached hydrogen (secondary N) is 1. The summed E-state index contributed by atoms with van der Waals surface area (Å²) in [5, 5.41) is 2.88. The predicted molar refractivity (Wildman–Crippen MR) is 90.2 cm³/mol. The molecule has 2 rings (SSSR count). The predicted octanol–water partition coefficient (Wildman–Crippen LogP) is 2.64. The molecule has 1 aliphatic heterocycles. The summed E-state index contributed by atoms with van der Waals surface area (Å²) in [4.78, 5) is 26.4. The average Bonchev–Trinajstić information content (AvgIpc) is 2.84. The Labute approximate surface area is 142 Å². The van der Waals surface area contributed by atoms with Gasteiger partial charge in [0.05, 0.1) is 6.10 Å².